The molecule has 110 valence electrons. The third-order valence-corrected chi connectivity index (χ3v) is 4.22. The summed E-state index contributed by atoms with van der Waals surface area (Å²) in [6.45, 7) is 3.88. The fourth-order valence-electron chi connectivity index (χ4n) is 2.83. The third kappa shape index (κ3) is 3.04. The summed E-state index contributed by atoms with van der Waals surface area (Å²) in [7, 11) is 0. The monoisotopic (exact) mass is 304 g/mol. The molecule has 2 aromatic carbocycles. The van der Waals surface area contributed by atoms with E-state index in [9.17, 15) is 4.39 Å². The van der Waals surface area contributed by atoms with Crippen LogP contribution in [-0.2, 0) is 0 Å². The lowest BCUT2D eigenvalue weighted by atomic mass is 10.0. The number of benzene rings is 2. The van der Waals surface area contributed by atoms with Gasteiger partial charge < -0.3 is 10.2 Å². The van der Waals surface area contributed by atoms with E-state index in [-0.39, 0.29) is 16.9 Å². The second-order valence-electron chi connectivity index (χ2n) is 5.49. The molecule has 2 unspecified atom stereocenters. The van der Waals surface area contributed by atoms with Crippen molar-refractivity contribution in [3.05, 3.63) is 64.9 Å². The first-order valence-electron chi connectivity index (χ1n) is 7.15. The van der Waals surface area contributed by atoms with Crippen LogP contribution < -0.4 is 10.2 Å². The molecule has 0 saturated carbocycles. The molecule has 0 aromatic heterocycles. The molecule has 1 aliphatic heterocycles. The molecular formula is C17H18ClFN2. The number of hydrogen-bond acceptors (Lipinski definition) is 2. The zero-order valence-electron chi connectivity index (χ0n) is 11.9. The van der Waals surface area contributed by atoms with Gasteiger partial charge in [0.15, 0.2) is 0 Å². The summed E-state index contributed by atoms with van der Waals surface area (Å²) in [6.07, 6.45) is 0. The summed E-state index contributed by atoms with van der Waals surface area (Å²) < 4.78 is 13.4. The smallest absolute Gasteiger partial charge is 0.141 e. The van der Waals surface area contributed by atoms with Gasteiger partial charge in [0.2, 0.25) is 0 Å². The molecule has 0 bridgehead atoms. The minimum absolute atomic E-state index is 0.172. The highest BCUT2D eigenvalue weighted by molar-refractivity contribution is 6.31. The Morgan fingerprint density at radius 1 is 1.19 bits per heavy atom. The summed E-state index contributed by atoms with van der Waals surface area (Å²) in [5.74, 6) is -0.375. The van der Waals surface area contributed by atoms with Crippen LogP contribution in [0.25, 0.3) is 0 Å². The van der Waals surface area contributed by atoms with Crippen molar-refractivity contribution in [1.82, 2.24) is 5.32 Å². The fourth-order valence-corrected chi connectivity index (χ4v) is 3.01. The number of piperazine rings is 1. The van der Waals surface area contributed by atoms with Gasteiger partial charge in [0, 0.05) is 24.8 Å². The molecule has 1 N–H and O–H groups in total. The predicted octanol–water partition coefficient (Wildman–Crippen LogP) is 4.02. The first-order valence-corrected chi connectivity index (χ1v) is 7.53. The van der Waals surface area contributed by atoms with Gasteiger partial charge >= 0.3 is 0 Å². The molecule has 0 spiro atoms. The molecule has 4 heteroatoms. The Balaban J connectivity index is 1.96. The van der Waals surface area contributed by atoms with Crippen LogP contribution >= 0.6 is 11.6 Å². The van der Waals surface area contributed by atoms with Crippen molar-refractivity contribution in [1.29, 1.82) is 0 Å². The number of rotatable bonds is 2. The summed E-state index contributed by atoms with van der Waals surface area (Å²) in [4.78, 5) is 2.29. The van der Waals surface area contributed by atoms with Gasteiger partial charge in [-0.2, -0.15) is 0 Å². The maximum absolute atomic E-state index is 13.4. The molecule has 2 nitrogen and oxygen atoms in total. The Labute approximate surface area is 129 Å². The summed E-state index contributed by atoms with van der Waals surface area (Å²) in [5.41, 5.74) is 2.21. The zero-order valence-corrected chi connectivity index (χ0v) is 12.6. The van der Waals surface area contributed by atoms with E-state index in [4.69, 9.17) is 11.6 Å². The van der Waals surface area contributed by atoms with Gasteiger partial charge in [-0.15, -0.1) is 0 Å². The molecule has 21 heavy (non-hydrogen) atoms. The SMILES string of the molecule is CC1CN(c2ccc(F)c(Cl)c2)C(c2ccccc2)CN1. The van der Waals surface area contributed by atoms with E-state index >= 15 is 0 Å². The lowest BCUT2D eigenvalue weighted by Crippen LogP contribution is -2.51. The number of hydrogen-bond donors (Lipinski definition) is 1. The lowest BCUT2D eigenvalue weighted by Gasteiger charge is -2.41. The van der Waals surface area contributed by atoms with Gasteiger partial charge in [-0.25, -0.2) is 4.39 Å². The highest BCUT2D eigenvalue weighted by Gasteiger charge is 2.27. The Hall–Kier alpha value is -1.58. The zero-order chi connectivity index (χ0) is 14.8. The van der Waals surface area contributed by atoms with Gasteiger partial charge in [0.05, 0.1) is 11.1 Å². The number of nitrogens with zero attached hydrogens (tertiary/aromatic N) is 1. The topological polar surface area (TPSA) is 15.3 Å². The molecule has 1 fully saturated rings. The van der Waals surface area contributed by atoms with Crippen LogP contribution in [0.5, 0.6) is 0 Å². The quantitative estimate of drug-likeness (QED) is 0.901. The summed E-state index contributed by atoms with van der Waals surface area (Å²) >= 11 is 5.95. The van der Waals surface area contributed by atoms with E-state index in [2.05, 4.69) is 29.3 Å². The number of anilines is 1. The highest BCUT2D eigenvalue weighted by Crippen LogP contribution is 2.31. The van der Waals surface area contributed by atoms with Crippen molar-refractivity contribution in [3.8, 4) is 0 Å². The van der Waals surface area contributed by atoms with Crippen molar-refractivity contribution in [3.63, 3.8) is 0 Å². The molecule has 0 aliphatic carbocycles. The Bertz CT molecular complexity index is 617. The van der Waals surface area contributed by atoms with Crippen LogP contribution in [0.15, 0.2) is 48.5 Å². The van der Waals surface area contributed by atoms with Gasteiger partial charge in [-0.05, 0) is 30.7 Å². The molecule has 0 amide bonds. The highest BCUT2D eigenvalue weighted by atomic mass is 35.5. The van der Waals surface area contributed by atoms with E-state index in [1.165, 1.54) is 11.6 Å². The lowest BCUT2D eigenvalue weighted by molar-refractivity contribution is 0.416. The maximum Gasteiger partial charge on any atom is 0.141 e. The molecular weight excluding hydrogens is 287 g/mol. The van der Waals surface area contributed by atoms with Crippen molar-refractivity contribution in [2.45, 2.75) is 19.0 Å². The normalized spacial score (nSPS) is 22.3. The molecule has 1 aliphatic rings. The van der Waals surface area contributed by atoms with Crippen LogP contribution in [-0.4, -0.2) is 19.1 Å². The number of nitrogens with one attached hydrogen (secondary N) is 1. The third-order valence-electron chi connectivity index (χ3n) is 3.93. The van der Waals surface area contributed by atoms with Crippen molar-refractivity contribution in [2.75, 3.05) is 18.0 Å². The maximum atomic E-state index is 13.4. The average molecular weight is 305 g/mol. The summed E-state index contributed by atoms with van der Waals surface area (Å²) in [5, 5.41) is 3.68. The Morgan fingerprint density at radius 3 is 2.67 bits per heavy atom. The molecule has 1 heterocycles. The Morgan fingerprint density at radius 2 is 1.95 bits per heavy atom. The average Bonchev–Trinajstić information content (AvgIpc) is 2.51. The van der Waals surface area contributed by atoms with E-state index in [0.29, 0.717) is 6.04 Å². The van der Waals surface area contributed by atoms with Gasteiger partial charge in [0.25, 0.3) is 0 Å². The van der Waals surface area contributed by atoms with E-state index in [1.807, 2.05) is 18.2 Å². The van der Waals surface area contributed by atoms with Gasteiger partial charge in [-0.1, -0.05) is 41.9 Å². The van der Waals surface area contributed by atoms with Crippen LogP contribution in [0.1, 0.15) is 18.5 Å². The minimum Gasteiger partial charge on any atom is -0.362 e. The first kappa shape index (κ1) is 14.4. The van der Waals surface area contributed by atoms with Gasteiger partial charge in [0.1, 0.15) is 5.82 Å². The number of halogens is 2. The Kier molecular flexibility index (Phi) is 4.13. The fraction of sp³-hybridized carbons (Fsp3) is 0.294. The van der Waals surface area contributed by atoms with Crippen LogP contribution in [0.2, 0.25) is 5.02 Å². The van der Waals surface area contributed by atoms with Crippen molar-refractivity contribution in [2.24, 2.45) is 0 Å². The summed E-state index contributed by atoms with van der Waals surface area (Å²) in [6, 6.07) is 15.9. The van der Waals surface area contributed by atoms with E-state index < -0.39 is 0 Å². The van der Waals surface area contributed by atoms with E-state index in [0.717, 1.165) is 18.8 Å². The molecule has 0 radical (unpaired) electrons. The van der Waals surface area contributed by atoms with E-state index in [1.54, 1.807) is 12.1 Å². The van der Waals surface area contributed by atoms with Crippen LogP contribution in [0.3, 0.4) is 0 Å². The second-order valence-corrected chi connectivity index (χ2v) is 5.89. The molecule has 2 atom stereocenters. The molecule has 3 rings (SSSR count). The van der Waals surface area contributed by atoms with Crippen molar-refractivity contribution >= 4 is 17.3 Å². The standard InChI is InChI=1S/C17H18ClFN2/c1-12-11-21(14-7-8-16(19)15(18)9-14)17(10-20-12)13-5-3-2-4-6-13/h2-9,12,17,20H,10-11H2,1H3. The van der Waals surface area contributed by atoms with Crippen LogP contribution in [0, 0.1) is 5.82 Å². The van der Waals surface area contributed by atoms with Gasteiger partial charge in [-0.3, -0.25) is 0 Å². The largest absolute Gasteiger partial charge is 0.362 e. The molecule has 1 saturated heterocycles. The minimum atomic E-state index is -0.375. The first-order chi connectivity index (χ1) is 10.1. The van der Waals surface area contributed by atoms with Crippen LogP contribution in [0.4, 0.5) is 10.1 Å². The van der Waals surface area contributed by atoms with Crippen molar-refractivity contribution < 1.29 is 4.39 Å². The molecule has 2 aromatic rings. The predicted molar refractivity (Wildman–Crippen MR) is 85.4 cm³/mol. The second kappa shape index (κ2) is 6.04.